The summed E-state index contributed by atoms with van der Waals surface area (Å²) >= 11 is 1.42. The van der Waals surface area contributed by atoms with Gasteiger partial charge < -0.3 is 15.3 Å². The van der Waals surface area contributed by atoms with Gasteiger partial charge in [0.15, 0.2) is 0 Å². The Hall–Kier alpha value is -2.98. The highest BCUT2D eigenvalue weighted by molar-refractivity contribution is 7.09. The minimum Gasteiger partial charge on any atom is -0.393 e. The summed E-state index contributed by atoms with van der Waals surface area (Å²) in [6.45, 7) is 0.916. The van der Waals surface area contributed by atoms with Crippen molar-refractivity contribution >= 4 is 23.6 Å². The van der Waals surface area contributed by atoms with Crippen molar-refractivity contribution in [2.75, 3.05) is 18.4 Å². The van der Waals surface area contributed by atoms with Crippen molar-refractivity contribution < 1.29 is 14.3 Å². The van der Waals surface area contributed by atoms with E-state index in [0.717, 1.165) is 17.0 Å². The fraction of sp³-hybridized carbons (Fsp3) is 0.435. The molecule has 0 spiro atoms. The highest BCUT2D eigenvalue weighted by atomic mass is 32.1. The van der Waals surface area contributed by atoms with Gasteiger partial charge in [0.25, 0.3) is 0 Å². The first kappa shape index (κ1) is 21.8. The van der Waals surface area contributed by atoms with E-state index in [2.05, 4.69) is 25.5 Å². The predicted molar refractivity (Wildman–Crippen MR) is 121 cm³/mol. The van der Waals surface area contributed by atoms with E-state index in [4.69, 9.17) is 0 Å². The van der Waals surface area contributed by atoms with Gasteiger partial charge in [0.2, 0.25) is 6.41 Å². The number of aromatic nitrogens is 4. The van der Waals surface area contributed by atoms with Crippen LogP contribution in [-0.2, 0) is 15.7 Å². The third-order valence-corrected chi connectivity index (χ3v) is 7.74. The Morgan fingerprint density at radius 2 is 2.09 bits per heavy atom. The molecule has 8 nitrogen and oxygen atoms in total. The molecule has 0 bridgehead atoms. The lowest BCUT2D eigenvalue weighted by Crippen LogP contribution is -2.53. The van der Waals surface area contributed by atoms with Crippen molar-refractivity contribution in [1.29, 1.82) is 0 Å². The Balaban J connectivity index is 1.40. The van der Waals surface area contributed by atoms with Crippen LogP contribution in [0.3, 0.4) is 0 Å². The number of alkyl halides is 1. The van der Waals surface area contributed by atoms with Crippen LogP contribution in [0.25, 0.3) is 0 Å². The zero-order chi connectivity index (χ0) is 22.9. The Bertz CT molecular complexity index is 1080. The molecule has 3 aromatic rings. The summed E-state index contributed by atoms with van der Waals surface area (Å²) in [4.78, 5) is 23.1. The Morgan fingerprint density at radius 3 is 2.73 bits per heavy atom. The lowest BCUT2D eigenvalue weighted by molar-refractivity contribution is -0.127. The molecule has 33 heavy (non-hydrogen) atoms. The van der Waals surface area contributed by atoms with Crippen LogP contribution < -0.4 is 5.32 Å². The first-order valence-corrected chi connectivity index (χ1v) is 11.9. The molecule has 10 heteroatoms. The topological polar surface area (TPSA) is 104 Å². The number of pyridine rings is 1. The number of carbonyl (C=O) groups excluding carboxylic acids is 1. The third kappa shape index (κ3) is 3.87. The molecule has 172 valence electrons. The van der Waals surface area contributed by atoms with Gasteiger partial charge in [0.1, 0.15) is 17.5 Å². The molecule has 3 aromatic heterocycles. The predicted octanol–water partition coefficient (Wildman–Crippen LogP) is 2.67. The van der Waals surface area contributed by atoms with Crippen molar-refractivity contribution in [3.05, 3.63) is 64.5 Å². The fourth-order valence-electron chi connectivity index (χ4n) is 5.04. The van der Waals surface area contributed by atoms with E-state index in [1.807, 2.05) is 30.3 Å². The number of amides is 1. The van der Waals surface area contributed by atoms with E-state index in [0.29, 0.717) is 50.3 Å². The van der Waals surface area contributed by atoms with Crippen molar-refractivity contribution in [2.45, 2.75) is 48.9 Å². The highest BCUT2D eigenvalue weighted by Gasteiger charge is 2.48. The molecule has 2 N–H and O–H groups in total. The first-order valence-electron chi connectivity index (χ1n) is 11.0. The third-order valence-electron chi connectivity index (χ3n) is 6.82. The molecule has 1 saturated carbocycles. The van der Waals surface area contributed by atoms with E-state index >= 15 is 0 Å². The van der Waals surface area contributed by atoms with E-state index in [1.165, 1.54) is 11.3 Å². The quantitative estimate of drug-likeness (QED) is 0.514. The highest BCUT2D eigenvalue weighted by Crippen LogP contribution is 2.45. The smallest absolute Gasteiger partial charge is 0.210 e. The zero-order valence-corrected chi connectivity index (χ0v) is 18.8. The van der Waals surface area contributed by atoms with Crippen LogP contribution in [0.2, 0.25) is 0 Å². The molecule has 2 fully saturated rings. The molecule has 0 aromatic carbocycles. The fourth-order valence-corrected chi connectivity index (χ4v) is 5.89. The second-order valence-electron chi connectivity index (χ2n) is 8.83. The van der Waals surface area contributed by atoms with Gasteiger partial charge >= 0.3 is 0 Å². The summed E-state index contributed by atoms with van der Waals surface area (Å²) in [5.74, 6) is 0.560. The Kier molecular flexibility index (Phi) is 5.79. The summed E-state index contributed by atoms with van der Waals surface area (Å²) in [7, 11) is 0. The van der Waals surface area contributed by atoms with Gasteiger partial charge in [-0.25, -0.2) is 4.39 Å². The molecule has 5 rings (SSSR count). The molecule has 1 aliphatic carbocycles. The van der Waals surface area contributed by atoms with Gasteiger partial charge in [0, 0.05) is 43.0 Å². The molecular weight excluding hydrogens is 443 g/mol. The van der Waals surface area contributed by atoms with Gasteiger partial charge in [-0.2, -0.15) is 5.10 Å². The van der Waals surface area contributed by atoms with Crippen molar-refractivity contribution in [3.63, 3.8) is 0 Å². The monoisotopic (exact) mass is 468 g/mol. The molecule has 2 atom stereocenters. The summed E-state index contributed by atoms with van der Waals surface area (Å²) in [6.07, 6.45) is 4.54. The maximum Gasteiger partial charge on any atom is 0.210 e. The van der Waals surface area contributed by atoms with Crippen LogP contribution in [0.1, 0.15) is 41.9 Å². The van der Waals surface area contributed by atoms with Crippen molar-refractivity contribution in [1.82, 2.24) is 25.1 Å². The van der Waals surface area contributed by atoms with Crippen LogP contribution in [-0.4, -0.2) is 61.9 Å². The van der Waals surface area contributed by atoms with Crippen molar-refractivity contribution in [2.24, 2.45) is 0 Å². The molecule has 1 aliphatic heterocycles. The molecule has 1 saturated heterocycles. The number of piperidine rings is 1. The van der Waals surface area contributed by atoms with Crippen LogP contribution in [0.4, 0.5) is 10.2 Å². The summed E-state index contributed by atoms with van der Waals surface area (Å²) in [5.41, 5.74) is 1.88. The molecule has 2 aliphatic rings. The number of halogens is 1. The lowest BCUT2D eigenvalue weighted by atomic mass is 9.65. The summed E-state index contributed by atoms with van der Waals surface area (Å²) in [5, 5.41) is 22.6. The van der Waals surface area contributed by atoms with E-state index < -0.39 is 17.8 Å². The number of thiazole rings is 1. The molecule has 1 amide bonds. The van der Waals surface area contributed by atoms with Gasteiger partial charge in [-0.3, -0.25) is 14.8 Å². The number of aliphatic hydroxyl groups is 1. The minimum atomic E-state index is -0.906. The average molecular weight is 469 g/mol. The van der Waals surface area contributed by atoms with Crippen LogP contribution in [0.15, 0.2) is 48.2 Å². The summed E-state index contributed by atoms with van der Waals surface area (Å²) < 4.78 is 13.8. The number of aliphatic hydroxyl groups excluding tert-OH is 1. The molecular formula is C23H25FN6O2S. The van der Waals surface area contributed by atoms with Gasteiger partial charge in [0.05, 0.1) is 22.2 Å². The maximum absolute atomic E-state index is 13.8. The molecule has 2 unspecified atom stereocenters. The van der Waals surface area contributed by atoms with Gasteiger partial charge in [-0.05, 0) is 43.5 Å². The summed E-state index contributed by atoms with van der Waals surface area (Å²) in [6, 6.07) is 9.34. The van der Waals surface area contributed by atoms with Gasteiger partial charge in [-0.15, -0.1) is 16.4 Å². The number of carbonyl (C=O) groups is 1. The number of hydrogen-bond donors (Lipinski definition) is 2. The molecule has 4 heterocycles. The molecule has 0 radical (unpaired) electrons. The lowest BCUT2D eigenvalue weighted by Gasteiger charge is -2.45. The van der Waals surface area contributed by atoms with Crippen molar-refractivity contribution in [3.8, 4) is 0 Å². The minimum absolute atomic E-state index is 0.329. The second kappa shape index (κ2) is 8.75. The van der Waals surface area contributed by atoms with E-state index in [1.54, 1.807) is 22.8 Å². The van der Waals surface area contributed by atoms with Crippen LogP contribution in [0.5, 0.6) is 0 Å². The normalized spacial score (nSPS) is 29.3. The number of nitrogens with one attached hydrogen (secondary N) is 1. The van der Waals surface area contributed by atoms with E-state index in [-0.39, 0.29) is 5.41 Å². The van der Waals surface area contributed by atoms with Crippen LogP contribution in [0, 0.1) is 0 Å². The zero-order valence-electron chi connectivity index (χ0n) is 18.0. The Morgan fingerprint density at radius 1 is 1.21 bits per heavy atom. The largest absolute Gasteiger partial charge is 0.393 e. The second-order valence-corrected chi connectivity index (χ2v) is 9.72. The SMILES string of the molecule is O=CN1CCC(O)CC1(c1ccc(NCC2(c3ccccn3)CC(F)C2)nn1)c1cncs1. The number of nitrogens with zero attached hydrogens (tertiary/aromatic N) is 5. The number of anilines is 1. The average Bonchev–Trinajstić information content (AvgIpc) is 3.37. The Labute approximate surface area is 194 Å². The van der Waals surface area contributed by atoms with E-state index in [9.17, 15) is 14.3 Å². The van der Waals surface area contributed by atoms with Crippen LogP contribution >= 0.6 is 11.3 Å². The standard InChI is InChI=1S/C23H25FN6O2S/c24-16-9-22(10-16,18-3-1-2-7-26-18)13-27-21-5-4-19(28-29-21)23(20-12-25-14-33-20)11-17(32)6-8-30(23)15-31/h1-5,7,12,14-17,32H,6,8-11,13H2,(H,27,29). The number of rotatable bonds is 7. The van der Waals surface area contributed by atoms with Gasteiger partial charge in [-0.1, -0.05) is 6.07 Å². The number of likely N-dealkylation sites (tertiary alicyclic amines) is 1. The number of hydrogen-bond acceptors (Lipinski definition) is 8. The first-order chi connectivity index (χ1) is 16.1. The maximum atomic E-state index is 13.8.